The predicted octanol–water partition coefficient (Wildman–Crippen LogP) is 6.77. The fourth-order valence-electron chi connectivity index (χ4n) is 6.52. The van der Waals surface area contributed by atoms with Crippen molar-refractivity contribution in [1.29, 1.82) is 0 Å². The third-order valence-electron chi connectivity index (χ3n) is 8.93. The summed E-state index contributed by atoms with van der Waals surface area (Å²) in [5, 5.41) is 9.46. The van der Waals surface area contributed by atoms with Gasteiger partial charge in [0, 0.05) is 13.1 Å². The molecule has 1 spiro atoms. The Labute approximate surface area is 223 Å². The molecule has 0 bridgehead atoms. The van der Waals surface area contributed by atoms with Crippen molar-refractivity contribution >= 4 is 17.7 Å². The normalized spacial score (nSPS) is 27.6. The Bertz CT molecular complexity index is 1020. The molecule has 1 amide bonds. The molecule has 204 valence electrons. The predicted molar refractivity (Wildman–Crippen MR) is 149 cm³/mol. The number of hydrogen-bond acceptors (Lipinski definition) is 4. The van der Waals surface area contributed by atoms with Gasteiger partial charge in [-0.25, -0.2) is 9.79 Å². The number of amidine groups is 1. The SMILES string of the molecule is CC1CCN(C2=NC3(CCC(C(C)(C)C)CC3)N([C@H](CCC(C)(C)C)c3ccc(C(=O)O)cc3)C2=O)C1. The van der Waals surface area contributed by atoms with Crippen LogP contribution in [0.3, 0.4) is 0 Å². The first kappa shape index (κ1) is 27.7. The van der Waals surface area contributed by atoms with Crippen molar-refractivity contribution in [2.45, 2.75) is 105 Å². The summed E-state index contributed by atoms with van der Waals surface area (Å²) in [5.41, 5.74) is 1.12. The van der Waals surface area contributed by atoms with Crippen LogP contribution in [-0.2, 0) is 4.79 Å². The van der Waals surface area contributed by atoms with E-state index in [4.69, 9.17) is 4.99 Å². The number of amides is 1. The number of carboxylic acids is 1. The molecule has 3 aliphatic rings. The van der Waals surface area contributed by atoms with Gasteiger partial charge in [-0.05, 0) is 85.3 Å². The van der Waals surface area contributed by atoms with Gasteiger partial charge in [0.15, 0.2) is 5.84 Å². The van der Waals surface area contributed by atoms with E-state index in [-0.39, 0.29) is 28.3 Å². The lowest BCUT2D eigenvalue weighted by molar-refractivity contribution is -0.134. The lowest BCUT2D eigenvalue weighted by atomic mass is 9.69. The molecule has 2 fully saturated rings. The summed E-state index contributed by atoms with van der Waals surface area (Å²) < 4.78 is 0. The van der Waals surface area contributed by atoms with E-state index in [9.17, 15) is 14.7 Å². The Morgan fingerprint density at radius 1 is 1.08 bits per heavy atom. The molecule has 0 radical (unpaired) electrons. The Morgan fingerprint density at radius 3 is 2.19 bits per heavy atom. The number of carbonyl (C=O) groups excluding carboxylic acids is 1. The van der Waals surface area contributed by atoms with E-state index >= 15 is 0 Å². The maximum Gasteiger partial charge on any atom is 0.335 e. The van der Waals surface area contributed by atoms with Crippen LogP contribution in [0.4, 0.5) is 0 Å². The maximum atomic E-state index is 14.3. The van der Waals surface area contributed by atoms with E-state index in [0.29, 0.717) is 17.7 Å². The first-order chi connectivity index (χ1) is 17.2. The van der Waals surface area contributed by atoms with Crippen molar-refractivity contribution in [2.24, 2.45) is 27.7 Å². The minimum absolute atomic E-state index is 0.0597. The molecule has 1 saturated heterocycles. The minimum Gasteiger partial charge on any atom is -0.478 e. The van der Waals surface area contributed by atoms with Crippen molar-refractivity contribution in [2.75, 3.05) is 13.1 Å². The first-order valence-corrected chi connectivity index (χ1v) is 14.2. The molecule has 0 aromatic heterocycles. The highest BCUT2D eigenvalue weighted by atomic mass is 16.4. The number of rotatable bonds is 5. The van der Waals surface area contributed by atoms with Crippen LogP contribution in [0.5, 0.6) is 0 Å². The number of aliphatic imine (C=N–C) groups is 1. The molecule has 2 heterocycles. The maximum absolute atomic E-state index is 14.3. The first-order valence-electron chi connectivity index (χ1n) is 14.2. The lowest BCUT2D eigenvalue weighted by Gasteiger charge is -2.47. The van der Waals surface area contributed by atoms with Crippen molar-refractivity contribution in [3.63, 3.8) is 0 Å². The molecule has 1 aliphatic carbocycles. The quantitative estimate of drug-likeness (QED) is 0.475. The summed E-state index contributed by atoms with van der Waals surface area (Å²) in [7, 11) is 0. The zero-order valence-corrected chi connectivity index (χ0v) is 24.0. The summed E-state index contributed by atoms with van der Waals surface area (Å²) in [6.45, 7) is 17.7. The van der Waals surface area contributed by atoms with Gasteiger partial charge in [-0.1, -0.05) is 60.6 Å². The molecule has 1 N–H and O–H groups in total. The molecule has 1 unspecified atom stereocenters. The van der Waals surface area contributed by atoms with Crippen LogP contribution in [0.25, 0.3) is 0 Å². The average Bonchev–Trinajstić information content (AvgIpc) is 3.35. The highest BCUT2D eigenvalue weighted by molar-refractivity contribution is 6.39. The fraction of sp³-hybridized carbons (Fsp3) is 0.710. The van der Waals surface area contributed by atoms with Gasteiger partial charge in [0.2, 0.25) is 0 Å². The van der Waals surface area contributed by atoms with E-state index < -0.39 is 11.6 Å². The van der Waals surface area contributed by atoms with Gasteiger partial charge in [-0.2, -0.15) is 0 Å². The lowest BCUT2D eigenvalue weighted by Crippen LogP contribution is -2.52. The molecule has 1 aromatic rings. The van der Waals surface area contributed by atoms with E-state index in [2.05, 4.69) is 58.3 Å². The molecule has 1 aromatic carbocycles. The van der Waals surface area contributed by atoms with Crippen LogP contribution in [0.1, 0.15) is 115 Å². The number of likely N-dealkylation sites (tertiary alicyclic amines) is 1. The van der Waals surface area contributed by atoms with Crippen molar-refractivity contribution in [3.8, 4) is 0 Å². The summed E-state index contributed by atoms with van der Waals surface area (Å²) >= 11 is 0. The van der Waals surface area contributed by atoms with E-state index in [1.165, 1.54) is 0 Å². The molecule has 4 rings (SSSR count). The van der Waals surface area contributed by atoms with Gasteiger partial charge in [0.25, 0.3) is 5.91 Å². The number of nitrogens with zero attached hydrogens (tertiary/aromatic N) is 3. The van der Waals surface area contributed by atoms with Crippen molar-refractivity contribution < 1.29 is 14.7 Å². The van der Waals surface area contributed by atoms with E-state index in [1.54, 1.807) is 12.1 Å². The van der Waals surface area contributed by atoms with Gasteiger partial charge >= 0.3 is 5.97 Å². The number of benzene rings is 1. The zero-order chi connectivity index (χ0) is 27.2. The second-order valence-electron chi connectivity index (χ2n) is 14.1. The second-order valence-corrected chi connectivity index (χ2v) is 14.1. The molecule has 1 saturated carbocycles. The Balaban J connectivity index is 1.74. The average molecular weight is 510 g/mol. The molecular weight excluding hydrogens is 462 g/mol. The summed E-state index contributed by atoms with van der Waals surface area (Å²) in [6, 6.07) is 7.04. The third-order valence-corrected chi connectivity index (χ3v) is 8.93. The van der Waals surface area contributed by atoms with E-state index in [0.717, 1.165) is 63.6 Å². The molecule has 2 atom stereocenters. The largest absolute Gasteiger partial charge is 0.478 e. The van der Waals surface area contributed by atoms with Crippen molar-refractivity contribution in [1.82, 2.24) is 9.80 Å². The van der Waals surface area contributed by atoms with Crippen LogP contribution < -0.4 is 0 Å². The Morgan fingerprint density at radius 2 is 1.70 bits per heavy atom. The van der Waals surface area contributed by atoms with Gasteiger partial charge in [-0.15, -0.1) is 0 Å². The Kier molecular flexibility index (Phi) is 7.53. The smallest absolute Gasteiger partial charge is 0.335 e. The molecular formula is C31H47N3O3. The van der Waals surface area contributed by atoms with Crippen LogP contribution in [0.15, 0.2) is 29.3 Å². The van der Waals surface area contributed by atoms with Gasteiger partial charge in [-0.3, -0.25) is 4.79 Å². The van der Waals surface area contributed by atoms with Gasteiger partial charge < -0.3 is 14.9 Å². The van der Waals surface area contributed by atoms with Crippen molar-refractivity contribution in [3.05, 3.63) is 35.4 Å². The third kappa shape index (κ3) is 5.88. The topological polar surface area (TPSA) is 73.2 Å². The van der Waals surface area contributed by atoms with Crippen LogP contribution in [0.2, 0.25) is 0 Å². The summed E-state index contributed by atoms with van der Waals surface area (Å²) in [6.07, 6.45) is 6.76. The fourth-order valence-corrected chi connectivity index (χ4v) is 6.52. The molecule has 2 aliphatic heterocycles. The van der Waals surface area contributed by atoms with Crippen LogP contribution in [0, 0.1) is 22.7 Å². The number of hydrogen-bond donors (Lipinski definition) is 1. The van der Waals surface area contributed by atoms with Crippen LogP contribution in [-0.4, -0.2) is 51.4 Å². The Hall–Kier alpha value is -2.37. The monoisotopic (exact) mass is 509 g/mol. The molecule has 6 nitrogen and oxygen atoms in total. The van der Waals surface area contributed by atoms with Crippen LogP contribution >= 0.6 is 0 Å². The second kappa shape index (κ2) is 10.1. The van der Waals surface area contributed by atoms with Gasteiger partial charge in [0.1, 0.15) is 5.66 Å². The van der Waals surface area contributed by atoms with E-state index in [1.807, 2.05) is 12.1 Å². The highest BCUT2D eigenvalue weighted by Gasteiger charge is 2.54. The zero-order valence-electron chi connectivity index (χ0n) is 24.0. The number of carboxylic acid groups (broad SMARTS) is 1. The summed E-state index contributed by atoms with van der Waals surface area (Å²) in [5.74, 6) is 0.966. The highest BCUT2D eigenvalue weighted by Crippen LogP contribution is 2.50. The summed E-state index contributed by atoms with van der Waals surface area (Å²) in [4.78, 5) is 35.5. The van der Waals surface area contributed by atoms with Gasteiger partial charge in [0.05, 0.1) is 11.6 Å². The number of aromatic carboxylic acids is 1. The number of carbonyl (C=O) groups is 2. The minimum atomic E-state index is -0.930. The molecule has 6 heteroatoms. The standard InChI is InChI=1S/C31H47N3O3/c1-21-15-19-33(20-21)26-27(35)34(31(32-26)17-12-24(13-18-31)30(5,6)7)25(14-16-29(2,3)4)22-8-10-23(11-9-22)28(36)37/h8-11,21,24-25H,12-20H2,1-7H3,(H,36,37)/t21?,24?,25-,31?/m1/s1. The molecule has 37 heavy (non-hydrogen) atoms.